The van der Waals surface area contributed by atoms with E-state index in [0.29, 0.717) is 12.8 Å². The molecule has 142 valence electrons. The molecule has 2 aliphatic rings. The van der Waals surface area contributed by atoms with E-state index in [9.17, 15) is 19.7 Å². The van der Waals surface area contributed by atoms with Crippen molar-refractivity contribution in [1.29, 1.82) is 0 Å². The number of rotatable bonds is 5. The third-order valence-corrected chi connectivity index (χ3v) is 4.85. The molecule has 1 amide bonds. The first kappa shape index (κ1) is 19.5. The molecule has 2 bridgehead atoms. The predicted molar refractivity (Wildman–Crippen MR) is 89.7 cm³/mol. The van der Waals surface area contributed by atoms with Gasteiger partial charge in [0, 0.05) is 22.4 Å². The Kier molecular flexibility index (Phi) is 5.58. The molecule has 25 heavy (non-hydrogen) atoms. The Morgan fingerprint density at radius 3 is 2.24 bits per heavy atom. The van der Waals surface area contributed by atoms with Gasteiger partial charge in [0.05, 0.1) is 13.0 Å². The molecule has 2 rings (SSSR count). The molecule has 2 heterocycles. The molecule has 2 atom stereocenters. The number of hydrogen-bond donors (Lipinski definition) is 0. The highest BCUT2D eigenvalue weighted by atomic mass is 16.6. The first-order valence-electron chi connectivity index (χ1n) is 8.84. The van der Waals surface area contributed by atoms with Crippen LogP contribution in [-0.2, 0) is 14.3 Å². The molecule has 2 unspecified atom stereocenters. The van der Waals surface area contributed by atoms with E-state index in [-0.39, 0.29) is 42.7 Å². The number of piperidine rings is 1. The lowest BCUT2D eigenvalue weighted by molar-refractivity contribution is -0.499. The number of carbonyl (C=O) groups excluding carboxylic acids is 2. The lowest BCUT2D eigenvalue weighted by atomic mass is 9.72. The minimum atomic E-state index is -0.750. The second kappa shape index (κ2) is 7.17. The van der Waals surface area contributed by atoms with Crippen LogP contribution in [-0.4, -0.2) is 52.7 Å². The Bertz CT molecular complexity index is 528. The van der Waals surface area contributed by atoms with Gasteiger partial charge in [-0.25, -0.2) is 4.79 Å². The van der Waals surface area contributed by atoms with Crippen molar-refractivity contribution in [1.82, 2.24) is 4.90 Å². The van der Waals surface area contributed by atoms with Crippen molar-refractivity contribution < 1.29 is 24.0 Å². The van der Waals surface area contributed by atoms with E-state index in [1.54, 1.807) is 11.8 Å². The summed E-state index contributed by atoms with van der Waals surface area (Å²) in [5.41, 5.74) is -1.34. The summed E-state index contributed by atoms with van der Waals surface area (Å²) in [4.78, 5) is 37.1. The SMILES string of the molecule is CCOC(=O)CC1(C[N+](=O)[O-])CC2CCC(C1)N2C(=O)OC(C)(C)C. The number of carbonyl (C=O) groups is 2. The van der Waals surface area contributed by atoms with E-state index in [2.05, 4.69) is 0 Å². The fraction of sp³-hybridized carbons (Fsp3) is 0.882. The largest absolute Gasteiger partial charge is 0.466 e. The van der Waals surface area contributed by atoms with Gasteiger partial charge < -0.3 is 14.4 Å². The second-order valence-corrected chi connectivity index (χ2v) is 8.15. The highest BCUT2D eigenvalue weighted by Gasteiger charge is 2.54. The van der Waals surface area contributed by atoms with Gasteiger partial charge in [0.1, 0.15) is 5.60 Å². The fourth-order valence-electron chi connectivity index (χ4n) is 4.18. The number of hydrogen-bond acceptors (Lipinski definition) is 6. The van der Waals surface area contributed by atoms with Gasteiger partial charge in [-0.1, -0.05) is 0 Å². The van der Waals surface area contributed by atoms with E-state index in [4.69, 9.17) is 9.47 Å². The maximum atomic E-state index is 12.5. The van der Waals surface area contributed by atoms with Crippen LogP contribution in [0.1, 0.15) is 59.8 Å². The van der Waals surface area contributed by atoms with Gasteiger partial charge in [-0.05, 0) is 53.4 Å². The van der Waals surface area contributed by atoms with Crippen LogP contribution in [0.4, 0.5) is 4.79 Å². The molecular weight excluding hydrogens is 328 g/mol. The summed E-state index contributed by atoms with van der Waals surface area (Å²) in [5, 5.41) is 11.2. The predicted octanol–water partition coefficient (Wildman–Crippen LogP) is 2.76. The Morgan fingerprint density at radius 2 is 1.80 bits per heavy atom. The van der Waals surface area contributed by atoms with Crippen LogP contribution in [0.5, 0.6) is 0 Å². The Labute approximate surface area is 148 Å². The van der Waals surface area contributed by atoms with Crippen molar-refractivity contribution in [3.63, 3.8) is 0 Å². The van der Waals surface area contributed by atoms with Gasteiger partial charge in [0.15, 0.2) is 0 Å². The summed E-state index contributed by atoms with van der Waals surface area (Å²) in [6, 6.07) is -0.244. The summed E-state index contributed by atoms with van der Waals surface area (Å²) < 4.78 is 10.5. The minimum Gasteiger partial charge on any atom is -0.466 e. The minimum absolute atomic E-state index is 0.0248. The summed E-state index contributed by atoms with van der Waals surface area (Å²) in [6.45, 7) is 7.13. The molecule has 2 fully saturated rings. The van der Waals surface area contributed by atoms with Gasteiger partial charge in [-0.2, -0.15) is 0 Å². The molecular formula is C17H28N2O6. The van der Waals surface area contributed by atoms with Gasteiger partial charge in [0.2, 0.25) is 6.54 Å². The molecule has 0 spiro atoms. The molecule has 8 nitrogen and oxygen atoms in total. The monoisotopic (exact) mass is 356 g/mol. The molecule has 0 radical (unpaired) electrons. The van der Waals surface area contributed by atoms with Gasteiger partial charge in [-0.15, -0.1) is 0 Å². The summed E-state index contributed by atoms with van der Waals surface area (Å²) in [6.07, 6.45) is 2.09. The van der Waals surface area contributed by atoms with Crippen molar-refractivity contribution in [3.8, 4) is 0 Å². The first-order chi connectivity index (χ1) is 11.6. The normalized spacial score (nSPS) is 28.6. The number of nitrogens with zero attached hydrogens (tertiary/aromatic N) is 2. The highest BCUT2D eigenvalue weighted by Crippen LogP contribution is 2.48. The topological polar surface area (TPSA) is 99.0 Å². The van der Waals surface area contributed by atoms with E-state index in [0.717, 1.165) is 12.8 Å². The lowest BCUT2D eigenvalue weighted by Gasteiger charge is -2.44. The lowest BCUT2D eigenvalue weighted by Crippen LogP contribution is -2.53. The third-order valence-electron chi connectivity index (χ3n) is 4.85. The number of fused-ring (bicyclic) bond motifs is 2. The molecule has 0 aromatic rings. The number of nitro groups is 1. The third kappa shape index (κ3) is 4.83. The number of ether oxygens (including phenoxy) is 2. The zero-order valence-electron chi connectivity index (χ0n) is 15.4. The van der Waals surface area contributed by atoms with Gasteiger partial charge in [-0.3, -0.25) is 14.9 Å². The van der Waals surface area contributed by atoms with E-state index < -0.39 is 17.0 Å². The average molecular weight is 356 g/mol. The van der Waals surface area contributed by atoms with E-state index in [1.807, 2.05) is 20.8 Å². The quantitative estimate of drug-likeness (QED) is 0.427. The van der Waals surface area contributed by atoms with Gasteiger partial charge >= 0.3 is 12.1 Å². The van der Waals surface area contributed by atoms with E-state index in [1.165, 1.54) is 0 Å². The van der Waals surface area contributed by atoms with Crippen LogP contribution in [0.15, 0.2) is 0 Å². The van der Waals surface area contributed by atoms with Crippen molar-refractivity contribution in [2.24, 2.45) is 5.41 Å². The molecule has 2 aliphatic heterocycles. The summed E-state index contributed by atoms with van der Waals surface area (Å²) in [5.74, 6) is -0.408. The standard InChI is InChI=1S/C17H28N2O6/c1-5-24-14(20)10-17(11-18(22)23)8-12-6-7-13(9-17)19(12)15(21)25-16(2,3)4/h12-13H,5-11H2,1-4H3. The van der Waals surface area contributed by atoms with Crippen molar-refractivity contribution in [2.45, 2.75) is 77.5 Å². The molecule has 8 heteroatoms. The molecule has 0 N–H and O–H groups in total. The van der Waals surface area contributed by atoms with Crippen molar-refractivity contribution in [3.05, 3.63) is 10.1 Å². The summed E-state index contributed by atoms with van der Waals surface area (Å²) >= 11 is 0. The molecule has 0 aromatic heterocycles. The Hall–Kier alpha value is -1.86. The second-order valence-electron chi connectivity index (χ2n) is 8.15. The smallest absolute Gasteiger partial charge is 0.410 e. The Balaban J connectivity index is 2.16. The van der Waals surface area contributed by atoms with Crippen LogP contribution >= 0.6 is 0 Å². The first-order valence-corrected chi connectivity index (χ1v) is 8.84. The number of esters is 1. The van der Waals surface area contributed by atoms with E-state index >= 15 is 0 Å². The maximum absolute atomic E-state index is 12.5. The fourth-order valence-corrected chi connectivity index (χ4v) is 4.18. The number of amides is 1. The van der Waals surface area contributed by atoms with Crippen LogP contribution in [0.25, 0.3) is 0 Å². The average Bonchev–Trinajstić information content (AvgIpc) is 2.69. The molecule has 2 saturated heterocycles. The highest BCUT2D eigenvalue weighted by molar-refractivity contribution is 5.71. The molecule has 0 aliphatic carbocycles. The maximum Gasteiger partial charge on any atom is 0.410 e. The van der Waals surface area contributed by atoms with Crippen LogP contribution < -0.4 is 0 Å². The molecule has 0 saturated carbocycles. The van der Waals surface area contributed by atoms with Crippen molar-refractivity contribution in [2.75, 3.05) is 13.2 Å². The van der Waals surface area contributed by atoms with Crippen molar-refractivity contribution >= 4 is 12.1 Å². The van der Waals surface area contributed by atoms with Crippen LogP contribution in [0.2, 0.25) is 0 Å². The summed E-state index contributed by atoms with van der Waals surface area (Å²) in [7, 11) is 0. The Morgan fingerprint density at radius 1 is 1.24 bits per heavy atom. The zero-order valence-corrected chi connectivity index (χ0v) is 15.4. The van der Waals surface area contributed by atoms with Crippen LogP contribution in [0.3, 0.4) is 0 Å². The van der Waals surface area contributed by atoms with Crippen LogP contribution in [0, 0.1) is 15.5 Å². The molecule has 0 aromatic carbocycles. The van der Waals surface area contributed by atoms with Gasteiger partial charge in [0.25, 0.3) is 0 Å². The zero-order chi connectivity index (χ0) is 18.8.